The van der Waals surface area contributed by atoms with Crippen LogP contribution in [0.4, 0.5) is 14.7 Å². The summed E-state index contributed by atoms with van der Waals surface area (Å²) in [6, 6.07) is -0.238. The highest BCUT2D eigenvalue weighted by Crippen LogP contribution is 2.24. The molecule has 0 bridgehead atoms. The molecule has 13 heteroatoms. The number of sulfonamides is 1. The fourth-order valence-corrected chi connectivity index (χ4v) is 3.30. The Hall–Kier alpha value is -2.25. The van der Waals surface area contributed by atoms with E-state index in [0.717, 1.165) is 19.1 Å². The summed E-state index contributed by atoms with van der Waals surface area (Å²) in [7, 11) is -3.35. The quantitative estimate of drug-likeness (QED) is 0.649. The summed E-state index contributed by atoms with van der Waals surface area (Å²) in [5.74, 6) is -0.440. The summed E-state index contributed by atoms with van der Waals surface area (Å²) in [6.45, 7) is 1.38. The van der Waals surface area contributed by atoms with Gasteiger partial charge in [-0.1, -0.05) is 0 Å². The molecule has 0 aromatic carbocycles. The maximum atomic E-state index is 12.5. The lowest BCUT2D eigenvalue weighted by Crippen LogP contribution is -2.43. The van der Waals surface area contributed by atoms with Crippen LogP contribution in [0.1, 0.15) is 25.2 Å². The van der Waals surface area contributed by atoms with E-state index in [0.29, 0.717) is 18.8 Å². The molecule has 1 aliphatic rings. The molecular formula is C15H20F2N6O4S. The van der Waals surface area contributed by atoms with E-state index >= 15 is 0 Å². The van der Waals surface area contributed by atoms with Gasteiger partial charge >= 0.3 is 6.43 Å². The van der Waals surface area contributed by atoms with Crippen LogP contribution >= 0.6 is 0 Å². The normalized spacial score (nSPS) is 17.0. The molecule has 0 amide bonds. The Labute approximate surface area is 160 Å². The molecular weight excluding hydrogens is 398 g/mol. The summed E-state index contributed by atoms with van der Waals surface area (Å²) in [5, 5.41) is 9.93. The van der Waals surface area contributed by atoms with E-state index in [1.54, 1.807) is 0 Å². The van der Waals surface area contributed by atoms with Crippen molar-refractivity contribution in [3.05, 3.63) is 18.3 Å². The average Bonchev–Trinajstić information content (AvgIpc) is 3.16. The first kappa shape index (κ1) is 20.5. The zero-order valence-electron chi connectivity index (χ0n) is 15.0. The molecule has 1 fully saturated rings. The van der Waals surface area contributed by atoms with Crippen molar-refractivity contribution < 1.29 is 26.4 Å². The number of alkyl halides is 2. The molecule has 0 radical (unpaired) electrons. The van der Waals surface area contributed by atoms with E-state index in [1.165, 1.54) is 12.4 Å². The molecule has 0 saturated carbocycles. The van der Waals surface area contributed by atoms with Crippen molar-refractivity contribution in [2.45, 2.75) is 25.3 Å². The van der Waals surface area contributed by atoms with Crippen LogP contribution in [-0.2, 0) is 14.8 Å². The minimum Gasteiger partial charge on any atom is -0.415 e. The molecule has 3 heterocycles. The van der Waals surface area contributed by atoms with E-state index in [-0.39, 0.29) is 30.3 Å². The Morgan fingerprint density at radius 2 is 1.89 bits per heavy atom. The first-order valence-corrected chi connectivity index (χ1v) is 10.4. The highest BCUT2D eigenvalue weighted by atomic mass is 32.2. The van der Waals surface area contributed by atoms with E-state index in [1.807, 2.05) is 0 Å². The van der Waals surface area contributed by atoms with Gasteiger partial charge in [0.2, 0.25) is 16.0 Å². The van der Waals surface area contributed by atoms with Crippen LogP contribution in [0.3, 0.4) is 0 Å². The van der Waals surface area contributed by atoms with Gasteiger partial charge in [-0.15, -0.1) is 10.2 Å². The van der Waals surface area contributed by atoms with Crippen LogP contribution in [-0.4, -0.2) is 60.6 Å². The number of hydrogen-bond acceptors (Lipinski definition) is 9. The molecule has 0 spiro atoms. The molecule has 154 valence electrons. The second kappa shape index (κ2) is 8.84. The fraction of sp³-hybridized carbons (Fsp3) is 0.600. The maximum absolute atomic E-state index is 12.5. The van der Waals surface area contributed by atoms with Crippen molar-refractivity contribution in [1.82, 2.24) is 24.9 Å². The van der Waals surface area contributed by atoms with Gasteiger partial charge < -0.3 is 14.5 Å². The summed E-state index contributed by atoms with van der Waals surface area (Å²) in [5.41, 5.74) is 0.293. The van der Waals surface area contributed by atoms with E-state index < -0.39 is 22.3 Å². The Morgan fingerprint density at radius 1 is 1.21 bits per heavy atom. The molecule has 2 aromatic heterocycles. The third kappa shape index (κ3) is 5.62. The predicted octanol–water partition coefficient (Wildman–Crippen LogP) is 1.22. The van der Waals surface area contributed by atoms with Gasteiger partial charge in [0.15, 0.2) is 0 Å². The SMILES string of the molecule is CS(=O)(=O)NCC(Nc1ncc(-c2nnc(C(F)F)o2)cn1)C1CCOCC1. The maximum Gasteiger partial charge on any atom is 0.314 e. The molecule has 10 nitrogen and oxygen atoms in total. The Kier molecular flexibility index (Phi) is 6.46. The van der Waals surface area contributed by atoms with E-state index in [2.05, 4.69) is 30.2 Å². The van der Waals surface area contributed by atoms with Crippen molar-refractivity contribution in [2.75, 3.05) is 31.3 Å². The van der Waals surface area contributed by atoms with Crippen LogP contribution in [0.5, 0.6) is 0 Å². The molecule has 2 N–H and O–H groups in total. The second-order valence-corrected chi connectivity index (χ2v) is 8.20. The smallest absolute Gasteiger partial charge is 0.314 e. The monoisotopic (exact) mass is 418 g/mol. The van der Waals surface area contributed by atoms with Crippen molar-refractivity contribution in [3.63, 3.8) is 0 Å². The van der Waals surface area contributed by atoms with Crippen LogP contribution < -0.4 is 10.0 Å². The standard InChI is InChI=1S/C15H20F2N6O4S/c1-28(24,25)20-8-11(9-2-4-26-5-3-9)21-15-18-6-10(7-19-15)13-22-23-14(27-13)12(16)17/h6-7,9,11-12,20H,2-5,8H2,1H3,(H,18,19,21). The number of halogens is 2. The molecule has 1 saturated heterocycles. The van der Waals surface area contributed by atoms with Crippen LogP contribution in [0.25, 0.3) is 11.5 Å². The highest BCUT2D eigenvalue weighted by Gasteiger charge is 2.26. The van der Waals surface area contributed by atoms with Crippen LogP contribution in [0, 0.1) is 5.92 Å². The fourth-order valence-electron chi connectivity index (χ4n) is 2.81. The number of nitrogens with zero attached hydrogens (tertiary/aromatic N) is 4. The summed E-state index contributed by atoms with van der Waals surface area (Å²) >= 11 is 0. The number of rotatable bonds is 8. The summed E-state index contributed by atoms with van der Waals surface area (Å²) in [6.07, 6.45) is 2.52. The molecule has 1 unspecified atom stereocenters. The largest absolute Gasteiger partial charge is 0.415 e. The Morgan fingerprint density at radius 3 is 2.46 bits per heavy atom. The van der Waals surface area contributed by atoms with Crippen molar-refractivity contribution in [1.29, 1.82) is 0 Å². The van der Waals surface area contributed by atoms with Gasteiger partial charge in [0.05, 0.1) is 11.8 Å². The van der Waals surface area contributed by atoms with Crippen molar-refractivity contribution in [2.24, 2.45) is 5.92 Å². The average molecular weight is 418 g/mol. The van der Waals surface area contributed by atoms with Gasteiger partial charge in [-0.2, -0.15) is 8.78 Å². The third-order valence-electron chi connectivity index (χ3n) is 4.24. The van der Waals surface area contributed by atoms with Crippen molar-refractivity contribution >= 4 is 16.0 Å². The number of anilines is 1. The Bertz CT molecular complexity index is 871. The first-order chi connectivity index (χ1) is 13.3. The lowest BCUT2D eigenvalue weighted by molar-refractivity contribution is 0.0610. The molecule has 0 aliphatic carbocycles. The lowest BCUT2D eigenvalue weighted by atomic mass is 9.92. The van der Waals surface area contributed by atoms with Gasteiger partial charge in [-0.3, -0.25) is 0 Å². The van der Waals surface area contributed by atoms with Gasteiger partial charge in [0.1, 0.15) is 0 Å². The van der Waals surface area contributed by atoms with Crippen LogP contribution in [0.15, 0.2) is 16.8 Å². The number of aromatic nitrogens is 4. The van der Waals surface area contributed by atoms with Gasteiger partial charge in [0.25, 0.3) is 11.8 Å². The van der Waals surface area contributed by atoms with Crippen LogP contribution in [0.2, 0.25) is 0 Å². The lowest BCUT2D eigenvalue weighted by Gasteiger charge is -2.31. The number of nitrogens with one attached hydrogen (secondary N) is 2. The third-order valence-corrected chi connectivity index (χ3v) is 4.93. The molecule has 28 heavy (non-hydrogen) atoms. The summed E-state index contributed by atoms with van der Waals surface area (Å²) < 4.78 is 60.7. The van der Waals surface area contributed by atoms with Gasteiger partial charge in [-0.05, 0) is 18.8 Å². The topological polar surface area (TPSA) is 132 Å². The Balaban J connectivity index is 1.70. The summed E-state index contributed by atoms with van der Waals surface area (Å²) in [4.78, 5) is 8.28. The minimum atomic E-state index is -3.35. The first-order valence-electron chi connectivity index (χ1n) is 8.54. The zero-order valence-corrected chi connectivity index (χ0v) is 15.8. The molecule has 1 atom stereocenters. The molecule has 3 rings (SSSR count). The highest BCUT2D eigenvalue weighted by molar-refractivity contribution is 7.88. The van der Waals surface area contributed by atoms with Gasteiger partial charge in [0, 0.05) is 38.2 Å². The molecule has 1 aliphatic heterocycles. The minimum absolute atomic E-state index is 0.110. The van der Waals surface area contributed by atoms with E-state index in [9.17, 15) is 17.2 Å². The number of hydrogen-bond donors (Lipinski definition) is 2. The molecule has 2 aromatic rings. The van der Waals surface area contributed by atoms with Crippen molar-refractivity contribution in [3.8, 4) is 11.5 Å². The van der Waals surface area contributed by atoms with Gasteiger partial charge in [-0.25, -0.2) is 23.1 Å². The second-order valence-electron chi connectivity index (χ2n) is 6.36. The zero-order chi connectivity index (χ0) is 20.1. The predicted molar refractivity (Wildman–Crippen MR) is 94.1 cm³/mol. The van der Waals surface area contributed by atoms with E-state index in [4.69, 9.17) is 9.15 Å². The number of ether oxygens (including phenoxy) is 1.